The minimum Gasteiger partial charge on any atom is -0.458 e. The van der Waals surface area contributed by atoms with E-state index in [0.29, 0.717) is 11.1 Å². The van der Waals surface area contributed by atoms with Crippen molar-refractivity contribution in [2.24, 2.45) is 5.92 Å². The van der Waals surface area contributed by atoms with Crippen molar-refractivity contribution in [3.05, 3.63) is 47.6 Å². The van der Waals surface area contributed by atoms with Crippen LogP contribution in [0.2, 0.25) is 0 Å². The molecular weight excluding hydrogens is 336 g/mol. The van der Waals surface area contributed by atoms with E-state index in [1.807, 2.05) is 0 Å². The van der Waals surface area contributed by atoms with Gasteiger partial charge in [0.1, 0.15) is 12.2 Å². The second-order valence-corrected chi connectivity index (χ2v) is 6.94. The topological polar surface area (TPSA) is 89.9 Å². The Bertz CT molecular complexity index is 737. The van der Waals surface area contributed by atoms with Crippen molar-refractivity contribution in [1.29, 1.82) is 0 Å². The van der Waals surface area contributed by atoms with Gasteiger partial charge in [-0.2, -0.15) is 0 Å². The van der Waals surface area contributed by atoms with Crippen molar-refractivity contribution in [3.8, 4) is 0 Å². The summed E-state index contributed by atoms with van der Waals surface area (Å²) in [5.41, 5.74) is -0.487. The van der Waals surface area contributed by atoms with Crippen molar-refractivity contribution >= 4 is 17.7 Å². The van der Waals surface area contributed by atoms with E-state index in [1.54, 1.807) is 26.8 Å². The Morgan fingerprint density at radius 3 is 2.73 bits per heavy atom. The summed E-state index contributed by atoms with van der Waals surface area (Å²) in [6, 6.07) is 0. The standard InChI is InChI=1S/C20H24O6/c1-6-11(2)18(22)26-16-10-20(5,24)8-7-14(21)12(3)9-15-17(16)13(4)19(23)25-15/h6-9,15-17,24H,4,10H2,1-3,5H3/b8-7-,11-6+,12-9+/t15-,16+,17-,20-/m0/s1. The lowest BCUT2D eigenvalue weighted by atomic mass is 9.82. The quantitative estimate of drug-likeness (QED) is 0.600. The molecule has 1 aliphatic heterocycles. The third-order valence-electron chi connectivity index (χ3n) is 4.69. The number of aliphatic hydroxyl groups is 1. The van der Waals surface area contributed by atoms with Gasteiger partial charge in [-0.1, -0.05) is 12.7 Å². The highest BCUT2D eigenvalue weighted by Crippen LogP contribution is 2.37. The fourth-order valence-corrected chi connectivity index (χ4v) is 2.96. The molecule has 1 aliphatic carbocycles. The number of carbonyl (C=O) groups is 3. The molecule has 0 aromatic carbocycles. The van der Waals surface area contributed by atoms with Gasteiger partial charge in [0.25, 0.3) is 0 Å². The first-order valence-corrected chi connectivity index (χ1v) is 8.44. The summed E-state index contributed by atoms with van der Waals surface area (Å²) in [7, 11) is 0. The third-order valence-corrected chi connectivity index (χ3v) is 4.69. The number of hydrogen-bond acceptors (Lipinski definition) is 6. The molecule has 0 saturated carbocycles. The van der Waals surface area contributed by atoms with Gasteiger partial charge in [-0.3, -0.25) is 4.79 Å². The zero-order valence-electron chi connectivity index (χ0n) is 15.4. The Hall–Kier alpha value is -2.47. The molecule has 4 atom stereocenters. The molecule has 0 amide bonds. The Morgan fingerprint density at radius 1 is 1.46 bits per heavy atom. The number of carbonyl (C=O) groups excluding carboxylic acids is 3. The molecule has 0 bridgehead atoms. The van der Waals surface area contributed by atoms with Crippen molar-refractivity contribution < 1.29 is 29.0 Å². The van der Waals surface area contributed by atoms with Crippen LogP contribution in [0, 0.1) is 5.92 Å². The maximum atomic E-state index is 12.3. The van der Waals surface area contributed by atoms with Crippen LogP contribution in [-0.2, 0) is 23.9 Å². The average molecular weight is 360 g/mol. The predicted octanol–water partition coefficient (Wildman–Crippen LogP) is 2.19. The molecule has 0 unspecified atom stereocenters. The van der Waals surface area contributed by atoms with Gasteiger partial charge in [-0.25, -0.2) is 9.59 Å². The molecule has 0 aromatic heterocycles. The largest absolute Gasteiger partial charge is 0.458 e. The highest BCUT2D eigenvalue weighted by molar-refractivity contribution is 6.03. The highest BCUT2D eigenvalue weighted by atomic mass is 16.6. The predicted molar refractivity (Wildman–Crippen MR) is 95.0 cm³/mol. The minimum atomic E-state index is -1.42. The summed E-state index contributed by atoms with van der Waals surface area (Å²) in [5, 5.41) is 10.6. The summed E-state index contributed by atoms with van der Waals surface area (Å²) in [4.78, 5) is 36.5. The van der Waals surface area contributed by atoms with E-state index in [1.165, 1.54) is 25.2 Å². The number of rotatable bonds is 2. The van der Waals surface area contributed by atoms with Crippen LogP contribution in [0.1, 0.15) is 34.1 Å². The molecule has 2 aliphatic rings. The lowest BCUT2D eigenvalue weighted by molar-refractivity contribution is -0.150. The van der Waals surface area contributed by atoms with Gasteiger partial charge in [0, 0.05) is 17.6 Å². The smallest absolute Gasteiger partial charge is 0.334 e. The molecule has 1 N–H and O–H groups in total. The number of allylic oxidation sites excluding steroid dienone is 3. The second-order valence-electron chi connectivity index (χ2n) is 6.94. The summed E-state index contributed by atoms with van der Waals surface area (Å²) in [6.07, 6.45) is 4.15. The van der Waals surface area contributed by atoms with E-state index < -0.39 is 35.7 Å². The van der Waals surface area contributed by atoms with Gasteiger partial charge in [0.15, 0.2) is 5.78 Å². The first-order chi connectivity index (χ1) is 12.1. The van der Waals surface area contributed by atoms with Crippen molar-refractivity contribution in [2.75, 3.05) is 0 Å². The monoisotopic (exact) mass is 360 g/mol. The molecular formula is C20H24O6. The maximum Gasteiger partial charge on any atom is 0.334 e. The summed E-state index contributed by atoms with van der Waals surface area (Å²) >= 11 is 0. The van der Waals surface area contributed by atoms with E-state index >= 15 is 0 Å². The Labute approximate surface area is 152 Å². The Balaban J connectivity index is 2.50. The third kappa shape index (κ3) is 4.19. The van der Waals surface area contributed by atoms with E-state index in [2.05, 4.69) is 6.58 Å². The van der Waals surface area contributed by atoms with Gasteiger partial charge in [-0.15, -0.1) is 0 Å². The van der Waals surface area contributed by atoms with Gasteiger partial charge in [0.05, 0.1) is 11.5 Å². The molecule has 6 nitrogen and oxygen atoms in total. The Morgan fingerprint density at radius 2 is 2.12 bits per heavy atom. The second kappa shape index (κ2) is 7.41. The van der Waals surface area contributed by atoms with Gasteiger partial charge < -0.3 is 14.6 Å². The fraction of sp³-hybridized carbons (Fsp3) is 0.450. The normalized spacial score (nSPS) is 35.9. The molecule has 1 saturated heterocycles. The minimum absolute atomic E-state index is 0.0107. The number of ketones is 1. The molecule has 26 heavy (non-hydrogen) atoms. The number of fused-ring (bicyclic) bond motifs is 1. The number of hydrogen-bond donors (Lipinski definition) is 1. The molecule has 0 radical (unpaired) electrons. The van der Waals surface area contributed by atoms with E-state index in [0.717, 1.165) is 0 Å². The average Bonchev–Trinajstić information content (AvgIpc) is 2.84. The molecule has 0 spiro atoms. The van der Waals surface area contributed by atoms with Gasteiger partial charge in [-0.05, 0) is 51.5 Å². The summed E-state index contributed by atoms with van der Waals surface area (Å²) in [5.74, 6) is -2.13. The van der Waals surface area contributed by atoms with Crippen LogP contribution < -0.4 is 0 Å². The first kappa shape index (κ1) is 19.8. The molecule has 1 fully saturated rings. The highest BCUT2D eigenvalue weighted by Gasteiger charge is 2.46. The Kier molecular flexibility index (Phi) is 5.66. The molecule has 140 valence electrons. The first-order valence-electron chi connectivity index (χ1n) is 8.44. The number of ether oxygens (including phenoxy) is 2. The zero-order chi connectivity index (χ0) is 19.6. The summed E-state index contributed by atoms with van der Waals surface area (Å²) in [6.45, 7) is 10.2. The SMILES string of the molecule is C=C1C(=O)O[C@H]2/C=C(\C)C(=O)/C=C\[C@](C)(O)C[C@@H](OC(=O)/C(C)=C/C)[C@@H]12. The zero-order valence-corrected chi connectivity index (χ0v) is 15.4. The molecule has 0 aromatic rings. The van der Waals surface area contributed by atoms with Crippen LogP contribution >= 0.6 is 0 Å². The lowest BCUT2D eigenvalue weighted by Crippen LogP contribution is -2.39. The van der Waals surface area contributed by atoms with Crippen molar-refractivity contribution in [1.82, 2.24) is 0 Å². The van der Waals surface area contributed by atoms with Crippen LogP contribution in [0.3, 0.4) is 0 Å². The van der Waals surface area contributed by atoms with Crippen LogP contribution in [0.25, 0.3) is 0 Å². The van der Waals surface area contributed by atoms with Crippen LogP contribution in [-0.4, -0.2) is 40.6 Å². The van der Waals surface area contributed by atoms with Gasteiger partial charge >= 0.3 is 11.9 Å². The van der Waals surface area contributed by atoms with Crippen LogP contribution in [0.5, 0.6) is 0 Å². The fourth-order valence-electron chi connectivity index (χ4n) is 2.96. The van der Waals surface area contributed by atoms with E-state index in [9.17, 15) is 19.5 Å². The molecule has 2 rings (SSSR count). The van der Waals surface area contributed by atoms with Crippen LogP contribution in [0.4, 0.5) is 0 Å². The number of esters is 2. The maximum absolute atomic E-state index is 12.3. The summed E-state index contributed by atoms with van der Waals surface area (Å²) < 4.78 is 10.9. The van der Waals surface area contributed by atoms with Crippen LogP contribution in [0.15, 0.2) is 47.6 Å². The van der Waals surface area contributed by atoms with Gasteiger partial charge in [0.2, 0.25) is 0 Å². The van der Waals surface area contributed by atoms with E-state index in [4.69, 9.17) is 9.47 Å². The lowest BCUT2D eigenvalue weighted by Gasteiger charge is -2.31. The van der Waals surface area contributed by atoms with Crippen molar-refractivity contribution in [3.63, 3.8) is 0 Å². The molecule has 6 heteroatoms. The van der Waals surface area contributed by atoms with Crippen molar-refractivity contribution in [2.45, 2.75) is 51.9 Å². The van der Waals surface area contributed by atoms with E-state index in [-0.39, 0.29) is 17.8 Å². The molecule has 1 heterocycles.